The Morgan fingerprint density at radius 2 is 2.21 bits per heavy atom. The Labute approximate surface area is 172 Å². The molecule has 0 bridgehead atoms. The molecule has 5 nitrogen and oxygen atoms in total. The van der Waals surface area contributed by atoms with E-state index in [0.717, 1.165) is 23.5 Å². The van der Waals surface area contributed by atoms with Crippen LogP contribution in [0.2, 0.25) is 5.02 Å². The van der Waals surface area contributed by atoms with Gasteiger partial charge >= 0.3 is 0 Å². The van der Waals surface area contributed by atoms with Crippen LogP contribution in [0, 0.1) is 11.7 Å². The number of rotatable bonds is 5. The normalized spacial score (nSPS) is 17.0. The van der Waals surface area contributed by atoms with Crippen molar-refractivity contribution >= 4 is 34.8 Å². The predicted octanol–water partition coefficient (Wildman–Crippen LogP) is 4.23. The van der Waals surface area contributed by atoms with Gasteiger partial charge in [0.25, 0.3) is 5.91 Å². The summed E-state index contributed by atoms with van der Waals surface area (Å²) >= 11 is 7.37. The maximum Gasteiger partial charge on any atom is 0.253 e. The quantitative estimate of drug-likeness (QED) is 0.782. The van der Waals surface area contributed by atoms with Gasteiger partial charge in [-0.05, 0) is 31.0 Å². The van der Waals surface area contributed by atoms with E-state index in [4.69, 9.17) is 11.6 Å². The van der Waals surface area contributed by atoms with Crippen LogP contribution in [0.4, 0.5) is 4.39 Å². The minimum absolute atomic E-state index is 0.00180. The highest BCUT2D eigenvalue weighted by molar-refractivity contribution is 7.09. The van der Waals surface area contributed by atoms with Crippen molar-refractivity contribution in [3.05, 3.63) is 50.7 Å². The van der Waals surface area contributed by atoms with E-state index in [1.54, 1.807) is 16.2 Å². The molecule has 0 radical (unpaired) electrons. The van der Waals surface area contributed by atoms with E-state index >= 15 is 0 Å². The summed E-state index contributed by atoms with van der Waals surface area (Å²) in [5.74, 6) is -0.576. The van der Waals surface area contributed by atoms with Crippen LogP contribution in [0.15, 0.2) is 23.6 Å². The highest BCUT2D eigenvalue weighted by Gasteiger charge is 2.27. The van der Waals surface area contributed by atoms with Gasteiger partial charge < -0.3 is 10.2 Å². The van der Waals surface area contributed by atoms with Crippen molar-refractivity contribution in [2.45, 2.75) is 39.2 Å². The summed E-state index contributed by atoms with van der Waals surface area (Å²) in [5.41, 5.74) is 1.23. The zero-order valence-electron chi connectivity index (χ0n) is 15.9. The molecule has 1 aromatic heterocycles. The van der Waals surface area contributed by atoms with Crippen LogP contribution in [-0.4, -0.2) is 34.8 Å². The van der Waals surface area contributed by atoms with Crippen LogP contribution in [0.25, 0.3) is 0 Å². The number of carbonyl (C=O) groups excluding carboxylic acids is 2. The molecule has 0 aliphatic carbocycles. The first-order valence-electron chi connectivity index (χ1n) is 9.31. The fourth-order valence-electron chi connectivity index (χ4n) is 3.15. The number of carbonyl (C=O) groups is 2. The largest absolute Gasteiger partial charge is 0.350 e. The van der Waals surface area contributed by atoms with Crippen LogP contribution in [-0.2, 0) is 11.3 Å². The third-order valence-corrected chi connectivity index (χ3v) is 6.11. The van der Waals surface area contributed by atoms with E-state index in [1.807, 2.05) is 19.2 Å². The Hall–Kier alpha value is -1.99. The van der Waals surface area contributed by atoms with E-state index in [9.17, 15) is 14.0 Å². The lowest BCUT2D eigenvalue weighted by molar-refractivity contribution is -0.124. The number of aromatic nitrogens is 1. The molecule has 2 heterocycles. The molecule has 1 atom stereocenters. The zero-order chi connectivity index (χ0) is 20.3. The van der Waals surface area contributed by atoms with E-state index in [0.29, 0.717) is 25.2 Å². The molecule has 0 unspecified atom stereocenters. The molecule has 1 aliphatic rings. The molecule has 8 heteroatoms. The van der Waals surface area contributed by atoms with Crippen LogP contribution < -0.4 is 5.32 Å². The van der Waals surface area contributed by atoms with Crippen LogP contribution >= 0.6 is 22.9 Å². The molecule has 0 spiro atoms. The summed E-state index contributed by atoms with van der Waals surface area (Å²) in [6, 6.07) is 4.06. The molecule has 28 heavy (non-hydrogen) atoms. The van der Waals surface area contributed by atoms with Crippen molar-refractivity contribution in [3.63, 3.8) is 0 Å². The lowest BCUT2D eigenvalue weighted by Gasteiger charge is -2.32. The summed E-state index contributed by atoms with van der Waals surface area (Å²) in [4.78, 5) is 30.9. The van der Waals surface area contributed by atoms with Gasteiger partial charge in [-0.15, -0.1) is 11.3 Å². The summed E-state index contributed by atoms with van der Waals surface area (Å²) < 4.78 is 13.4. The second-order valence-electron chi connectivity index (χ2n) is 7.27. The number of nitrogens with zero attached hydrogens (tertiary/aromatic N) is 2. The third-order valence-electron chi connectivity index (χ3n) is 4.76. The number of hydrogen-bond donors (Lipinski definition) is 1. The minimum Gasteiger partial charge on any atom is -0.350 e. The Kier molecular flexibility index (Phi) is 6.67. The summed E-state index contributed by atoms with van der Waals surface area (Å²) in [7, 11) is 0. The Balaban J connectivity index is 1.64. The van der Waals surface area contributed by atoms with Gasteiger partial charge in [-0.1, -0.05) is 25.4 Å². The minimum atomic E-state index is -0.533. The number of benzene rings is 1. The van der Waals surface area contributed by atoms with E-state index in [-0.39, 0.29) is 28.7 Å². The Morgan fingerprint density at radius 1 is 1.43 bits per heavy atom. The molecule has 0 saturated carbocycles. The standard InChI is InChI=1S/C20H23ClFN3O2S/c1-12(2)18(26)23-9-15-11-28-19(24-15)14-4-3-7-25(10-14)20(27)13-5-6-17(22)16(21)8-13/h5-6,8,11-12,14H,3-4,7,9-10H2,1-2H3,(H,23,26)/t14-/m1/s1. The summed E-state index contributed by atoms with van der Waals surface area (Å²) in [6.45, 7) is 5.34. The number of halogens is 2. The summed E-state index contributed by atoms with van der Waals surface area (Å²) in [6.07, 6.45) is 1.84. The number of thiazole rings is 1. The fraction of sp³-hybridized carbons (Fsp3) is 0.450. The van der Waals surface area contributed by atoms with Gasteiger partial charge in [0.1, 0.15) is 5.82 Å². The van der Waals surface area contributed by atoms with Gasteiger partial charge in [0, 0.05) is 35.9 Å². The van der Waals surface area contributed by atoms with Crippen LogP contribution in [0.1, 0.15) is 53.7 Å². The molecule has 1 fully saturated rings. The lowest BCUT2D eigenvalue weighted by Crippen LogP contribution is -2.39. The molecule has 150 valence electrons. The summed E-state index contributed by atoms with van der Waals surface area (Å²) in [5, 5.41) is 5.75. The molecule has 1 N–H and O–H groups in total. The van der Waals surface area contributed by atoms with Crippen LogP contribution in [0.3, 0.4) is 0 Å². The Morgan fingerprint density at radius 3 is 2.93 bits per heavy atom. The van der Waals surface area contributed by atoms with Gasteiger partial charge in [0.15, 0.2) is 0 Å². The van der Waals surface area contributed by atoms with E-state index in [1.165, 1.54) is 18.2 Å². The molecule has 1 aliphatic heterocycles. The lowest BCUT2D eigenvalue weighted by atomic mass is 9.98. The van der Waals surface area contributed by atoms with Crippen molar-refractivity contribution in [1.29, 1.82) is 0 Å². The highest BCUT2D eigenvalue weighted by atomic mass is 35.5. The zero-order valence-corrected chi connectivity index (χ0v) is 17.4. The second-order valence-corrected chi connectivity index (χ2v) is 8.57. The van der Waals surface area contributed by atoms with Gasteiger partial charge in [-0.3, -0.25) is 9.59 Å². The fourth-order valence-corrected chi connectivity index (χ4v) is 4.28. The molecule has 3 rings (SSSR count). The molecule has 1 aromatic carbocycles. The molecule has 1 saturated heterocycles. The number of nitrogens with one attached hydrogen (secondary N) is 1. The maximum atomic E-state index is 13.4. The van der Waals surface area contributed by atoms with E-state index in [2.05, 4.69) is 10.3 Å². The average molecular weight is 424 g/mol. The van der Waals surface area contributed by atoms with E-state index < -0.39 is 5.82 Å². The monoisotopic (exact) mass is 423 g/mol. The first-order valence-corrected chi connectivity index (χ1v) is 10.6. The second kappa shape index (κ2) is 9.01. The van der Waals surface area contributed by atoms with Gasteiger partial charge in [0.2, 0.25) is 5.91 Å². The Bertz CT molecular complexity index is 871. The highest BCUT2D eigenvalue weighted by Crippen LogP contribution is 2.30. The smallest absolute Gasteiger partial charge is 0.253 e. The van der Waals surface area contributed by atoms with Gasteiger partial charge in [0.05, 0.1) is 22.3 Å². The maximum absolute atomic E-state index is 13.4. The number of amides is 2. The number of hydrogen-bond acceptors (Lipinski definition) is 4. The van der Waals surface area contributed by atoms with Crippen molar-refractivity contribution in [1.82, 2.24) is 15.2 Å². The van der Waals surface area contributed by atoms with Crippen molar-refractivity contribution < 1.29 is 14.0 Å². The number of likely N-dealkylation sites (tertiary alicyclic amines) is 1. The van der Waals surface area contributed by atoms with Gasteiger partial charge in [-0.25, -0.2) is 9.37 Å². The third kappa shape index (κ3) is 4.89. The van der Waals surface area contributed by atoms with Crippen molar-refractivity contribution in [3.8, 4) is 0 Å². The molecule has 2 aromatic rings. The van der Waals surface area contributed by atoms with Crippen molar-refractivity contribution in [2.24, 2.45) is 5.92 Å². The number of piperidine rings is 1. The first-order chi connectivity index (χ1) is 13.3. The molecular weight excluding hydrogens is 401 g/mol. The topological polar surface area (TPSA) is 62.3 Å². The first kappa shape index (κ1) is 20.7. The van der Waals surface area contributed by atoms with Gasteiger partial charge in [-0.2, -0.15) is 0 Å². The van der Waals surface area contributed by atoms with Crippen LogP contribution in [0.5, 0.6) is 0 Å². The molecular formula is C20H23ClFN3O2S. The SMILES string of the molecule is CC(C)C(=O)NCc1csc([C@@H]2CCCN(C(=O)c3ccc(F)c(Cl)c3)C2)n1. The van der Waals surface area contributed by atoms with Crippen molar-refractivity contribution in [2.75, 3.05) is 13.1 Å². The predicted molar refractivity (Wildman–Crippen MR) is 108 cm³/mol. The molecule has 2 amide bonds. The average Bonchev–Trinajstić information content (AvgIpc) is 3.16.